The minimum atomic E-state index is -0.419. The Balaban J connectivity index is 2.11. The molecule has 0 aliphatic carbocycles. The van der Waals surface area contributed by atoms with Crippen molar-refractivity contribution in [1.29, 1.82) is 0 Å². The summed E-state index contributed by atoms with van der Waals surface area (Å²) in [6.07, 6.45) is 9.68. The molecule has 112 valence electrons. The summed E-state index contributed by atoms with van der Waals surface area (Å²) in [4.78, 5) is 23.7. The SMILES string of the molecule is C=C(/C=C\C(=C1\C=CC=NC1)[N+](=O)[O-])Sc1nccc(C)n1. The van der Waals surface area contributed by atoms with Crippen LogP contribution in [0.2, 0.25) is 0 Å². The molecule has 0 fully saturated rings. The van der Waals surface area contributed by atoms with Gasteiger partial charge in [-0.25, -0.2) is 9.97 Å². The lowest BCUT2D eigenvalue weighted by atomic mass is 10.1. The number of hydrogen-bond donors (Lipinski definition) is 0. The molecular formula is C15H14N4O2S. The van der Waals surface area contributed by atoms with Gasteiger partial charge in [-0.1, -0.05) is 18.3 Å². The van der Waals surface area contributed by atoms with Crippen molar-refractivity contribution in [2.45, 2.75) is 12.1 Å². The lowest BCUT2D eigenvalue weighted by Gasteiger charge is -2.03. The zero-order valence-corrected chi connectivity index (χ0v) is 12.8. The van der Waals surface area contributed by atoms with E-state index in [1.54, 1.807) is 36.7 Å². The molecule has 2 heterocycles. The second kappa shape index (κ2) is 7.46. The van der Waals surface area contributed by atoms with E-state index in [1.165, 1.54) is 17.8 Å². The average Bonchev–Trinajstić information content (AvgIpc) is 2.48. The van der Waals surface area contributed by atoms with Gasteiger partial charge in [-0.05, 0) is 31.2 Å². The molecule has 0 aromatic carbocycles. The molecule has 1 aromatic heterocycles. The first-order chi connectivity index (χ1) is 10.6. The number of nitrogens with zero attached hydrogens (tertiary/aromatic N) is 4. The number of aromatic nitrogens is 2. The van der Waals surface area contributed by atoms with Gasteiger partial charge in [-0.3, -0.25) is 15.1 Å². The monoisotopic (exact) mass is 314 g/mol. The summed E-state index contributed by atoms with van der Waals surface area (Å²) in [5.41, 5.74) is 1.43. The highest BCUT2D eigenvalue weighted by atomic mass is 32.2. The number of allylic oxidation sites excluding steroid dienone is 3. The zero-order valence-electron chi connectivity index (χ0n) is 12.0. The molecule has 0 saturated heterocycles. The minimum Gasteiger partial charge on any atom is -0.288 e. The summed E-state index contributed by atoms with van der Waals surface area (Å²) >= 11 is 1.26. The van der Waals surface area contributed by atoms with Crippen LogP contribution in [0, 0.1) is 17.0 Å². The molecule has 2 rings (SSSR count). The van der Waals surface area contributed by atoms with Gasteiger partial charge in [0.05, 0.1) is 17.0 Å². The standard InChI is InChI=1S/C15H14N4O2S/c1-11-7-9-17-15(18-11)22-12(2)5-6-14(19(20)21)13-4-3-8-16-10-13/h3-9H,2,10H2,1H3/b6-5-,14-13+. The topological polar surface area (TPSA) is 81.3 Å². The molecule has 0 saturated carbocycles. The fourth-order valence-corrected chi connectivity index (χ4v) is 2.35. The van der Waals surface area contributed by atoms with E-state index < -0.39 is 4.92 Å². The largest absolute Gasteiger partial charge is 0.288 e. The highest BCUT2D eigenvalue weighted by molar-refractivity contribution is 8.03. The van der Waals surface area contributed by atoms with Crippen LogP contribution in [0.5, 0.6) is 0 Å². The van der Waals surface area contributed by atoms with E-state index in [2.05, 4.69) is 21.5 Å². The fraction of sp³-hybridized carbons (Fsp3) is 0.133. The van der Waals surface area contributed by atoms with Crippen molar-refractivity contribution in [3.05, 3.63) is 75.1 Å². The maximum absolute atomic E-state index is 11.2. The van der Waals surface area contributed by atoms with Gasteiger partial charge in [-0.2, -0.15) is 0 Å². The zero-order chi connectivity index (χ0) is 15.9. The highest BCUT2D eigenvalue weighted by Crippen LogP contribution is 2.23. The maximum Gasteiger partial charge on any atom is 0.274 e. The molecular weight excluding hydrogens is 300 g/mol. The number of thioether (sulfide) groups is 1. The Hall–Kier alpha value is -2.54. The maximum atomic E-state index is 11.2. The van der Waals surface area contributed by atoms with Crippen molar-refractivity contribution < 1.29 is 4.92 Å². The Morgan fingerprint density at radius 2 is 2.32 bits per heavy atom. The summed E-state index contributed by atoms with van der Waals surface area (Å²) < 4.78 is 0. The summed E-state index contributed by atoms with van der Waals surface area (Å²) in [5, 5.41) is 11.7. The molecule has 1 aliphatic rings. The molecule has 1 aromatic rings. The number of aryl methyl sites for hydroxylation is 1. The number of nitro groups is 1. The third-order valence-electron chi connectivity index (χ3n) is 2.70. The summed E-state index contributed by atoms with van der Waals surface area (Å²) in [7, 11) is 0. The number of rotatable bonds is 5. The molecule has 22 heavy (non-hydrogen) atoms. The second-order valence-corrected chi connectivity index (χ2v) is 5.49. The molecule has 0 amide bonds. The van der Waals surface area contributed by atoms with Crippen LogP contribution in [0.3, 0.4) is 0 Å². The third kappa shape index (κ3) is 4.49. The predicted molar refractivity (Wildman–Crippen MR) is 87.4 cm³/mol. The molecule has 6 nitrogen and oxygen atoms in total. The highest BCUT2D eigenvalue weighted by Gasteiger charge is 2.14. The normalized spacial score (nSPS) is 16.0. The molecule has 0 atom stereocenters. The van der Waals surface area contributed by atoms with Crippen molar-refractivity contribution >= 4 is 18.0 Å². The van der Waals surface area contributed by atoms with Gasteiger partial charge in [0.25, 0.3) is 5.70 Å². The Morgan fingerprint density at radius 1 is 1.50 bits per heavy atom. The van der Waals surface area contributed by atoms with Gasteiger partial charge in [0.15, 0.2) is 5.16 Å². The summed E-state index contributed by atoms with van der Waals surface area (Å²) in [6.45, 7) is 6.03. The van der Waals surface area contributed by atoms with Crippen molar-refractivity contribution in [1.82, 2.24) is 9.97 Å². The van der Waals surface area contributed by atoms with Crippen LogP contribution in [0.25, 0.3) is 0 Å². The third-order valence-corrected chi connectivity index (χ3v) is 3.48. The summed E-state index contributed by atoms with van der Waals surface area (Å²) in [6, 6.07) is 1.80. The van der Waals surface area contributed by atoms with Crippen molar-refractivity contribution in [2.24, 2.45) is 4.99 Å². The Morgan fingerprint density at radius 3 is 2.95 bits per heavy atom. The Kier molecular flexibility index (Phi) is 5.37. The van der Waals surface area contributed by atoms with Crippen LogP contribution in [0.4, 0.5) is 0 Å². The number of hydrogen-bond acceptors (Lipinski definition) is 6. The van der Waals surface area contributed by atoms with E-state index in [4.69, 9.17) is 0 Å². The number of dihydropyridines is 1. The van der Waals surface area contributed by atoms with Gasteiger partial charge in [0.2, 0.25) is 0 Å². The number of aliphatic imine (C=N–C) groups is 1. The van der Waals surface area contributed by atoms with Gasteiger partial charge >= 0.3 is 0 Å². The lowest BCUT2D eigenvalue weighted by Crippen LogP contribution is -2.04. The van der Waals surface area contributed by atoms with Crippen LogP contribution in [-0.4, -0.2) is 27.7 Å². The first-order valence-electron chi connectivity index (χ1n) is 6.45. The Labute approximate surface area is 132 Å². The molecule has 0 N–H and O–H groups in total. The van der Waals surface area contributed by atoms with Gasteiger partial charge in [0, 0.05) is 29.1 Å². The molecule has 7 heteroatoms. The van der Waals surface area contributed by atoms with E-state index in [1.807, 2.05) is 6.92 Å². The summed E-state index contributed by atoms with van der Waals surface area (Å²) in [5.74, 6) is 0. The average molecular weight is 314 g/mol. The van der Waals surface area contributed by atoms with E-state index in [-0.39, 0.29) is 5.70 Å². The minimum absolute atomic E-state index is 0.0139. The predicted octanol–water partition coefficient (Wildman–Crippen LogP) is 3.12. The van der Waals surface area contributed by atoms with Gasteiger partial charge in [0.1, 0.15) is 0 Å². The quantitative estimate of drug-likeness (QED) is 0.274. The molecule has 0 bridgehead atoms. The molecule has 1 aliphatic heterocycles. The van der Waals surface area contributed by atoms with Crippen LogP contribution in [0.15, 0.2) is 69.5 Å². The lowest BCUT2D eigenvalue weighted by molar-refractivity contribution is -0.420. The molecule has 0 spiro atoms. The second-order valence-electron chi connectivity index (χ2n) is 4.40. The van der Waals surface area contributed by atoms with Crippen molar-refractivity contribution in [2.75, 3.05) is 6.54 Å². The van der Waals surface area contributed by atoms with Crippen LogP contribution in [-0.2, 0) is 0 Å². The van der Waals surface area contributed by atoms with Crippen LogP contribution >= 0.6 is 11.8 Å². The fourth-order valence-electron chi connectivity index (χ4n) is 1.67. The van der Waals surface area contributed by atoms with E-state index >= 15 is 0 Å². The van der Waals surface area contributed by atoms with Gasteiger partial charge in [-0.15, -0.1) is 0 Å². The molecule has 0 unspecified atom stereocenters. The Bertz CT molecular complexity index is 720. The van der Waals surface area contributed by atoms with Crippen LogP contribution in [0.1, 0.15) is 5.69 Å². The first kappa shape index (κ1) is 15.8. The smallest absolute Gasteiger partial charge is 0.274 e. The van der Waals surface area contributed by atoms with E-state index in [0.717, 1.165) is 5.69 Å². The van der Waals surface area contributed by atoms with Crippen molar-refractivity contribution in [3.63, 3.8) is 0 Å². The van der Waals surface area contributed by atoms with Gasteiger partial charge < -0.3 is 0 Å². The van der Waals surface area contributed by atoms with Crippen molar-refractivity contribution in [3.8, 4) is 0 Å². The van der Waals surface area contributed by atoms with E-state index in [9.17, 15) is 10.1 Å². The first-order valence-corrected chi connectivity index (χ1v) is 7.26. The van der Waals surface area contributed by atoms with Crippen LogP contribution < -0.4 is 0 Å². The molecule has 0 radical (unpaired) electrons. The van der Waals surface area contributed by atoms with E-state index in [0.29, 0.717) is 22.2 Å².